The number of anilines is 1. The summed E-state index contributed by atoms with van der Waals surface area (Å²) in [7, 11) is 0. The summed E-state index contributed by atoms with van der Waals surface area (Å²) in [6.07, 6.45) is 2.03. The van der Waals surface area contributed by atoms with Crippen LogP contribution in [0.2, 0.25) is 0 Å². The van der Waals surface area contributed by atoms with Crippen LogP contribution in [0.15, 0.2) is 24.3 Å². The van der Waals surface area contributed by atoms with Crippen LogP contribution in [-0.4, -0.2) is 86.4 Å². The fourth-order valence-electron chi connectivity index (χ4n) is 3.37. The number of nitrogens with one attached hydrogen (secondary N) is 2. The van der Waals surface area contributed by atoms with Gasteiger partial charge in [0.2, 0.25) is 0 Å². The van der Waals surface area contributed by atoms with E-state index in [2.05, 4.69) is 32.6 Å². The molecule has 6 nitrogen and oxygen atoms in total. The third kappa shape index (κ3) is 7.70. The number of amides is 2. The molecule has 2 amide bonds. The van der Waals surface area contributed by atoms with E-state index >= 15 is 0 Å². The molecule has 2 saturated heterocycles. The second kappa shape index (κ2) is 11.5. The highest BCUT2D eigenvalue weighted by Crippen LogP contribution is 2.13. The Morgan fingerprint density at radius 3 is 2.44 bits per heavy atom. The zero-order chi connectivity index (χ0) is 18.7. The lowest BCUT2D eigenvalue weighted by Gasteiger charge is -2.26. The first-order chi connectivity index (χ1) is 13.3. The van der Waals surface area contributed by atoms with Crippen molar-refractivity contribution in [2.45, 2.75) is 12.8 Å². The topological polar surface area (TPSA) is 56.8 Å². The summed E-state index contributed by atoms with van der Waals surface area (Å²) in [6.45, 7) is 8.86. The lowest BCUT2D eigenvalue weighted by atomic mass is 10.1. The maximum atomic E-state index is 12.0. The Labute approximate surface area is 167 Å². The summed E-state index contributed by atoms with van der Waals surface area (Å²) in [4.78, 5) is 16.9. The van der Waals surface area contributed by atoms with Crippen molar-refractivity contribution < 1.29 is 9.53 Å². The van der Waals surface area contributed by atoms with Crippen molar-refractivity contribution in [3.63, 3.8) is 0 Å². The summed E-state index contributed by atoms with van der Waals surface area (Å²) >= 11 is 2.05. The van der Waals surface area contributed by atoms with E-state index in [9.17, 15) is 4.79 Å². The van der Waals surface area contributed by atoms with Gasteiger partial charge in [-0.05, 0) is 37.1 Å². The largest absolute Gasteiger partial charge is 0.379 e. The number of hydrogen-bond donors (Lipinski definition) is 2. The molecule has 0 aromatic heterocycles. The van der Waals surface area contributed by atoms with E-state index in [0.29, 0.717) is 6.54 Å². The monoisotopic (exact) mass is 392 g/mol. The first-order valence-corrected chi connectivity index (χ1v) is 11.2. The molecule has 0 atom stereocenters. The van der Waals surface area contributed by atoms with Gasteiger partial charge in [0.25, 0.3) is 0 Å². The number of benzene rings is 1. The molecule has 2 aliphatic heterocycles. The van der Waals surface area contributed by atoms with E-state index in [4.69, 9.17) is 4.74 Å². The molecule has 2 aliphatic rings. The first kappa shape index (κ1) is 20.5. The van der Waals surface area contributed by atoms with Crippen molar-refractivity contribution in [1.82, 2.24) is 15.1 Å². The van der Waals surface area contributed by atoms with E-state index in [1.54, 1.807) is 0 Å². The molecule has 2 heterocycles. The number of rotatable bonds is 8. The lowest BCUT2D eigenvalue weighted by molar-refractivity contribution is 0.0375. The van der Waals surface area contributed by atoms with Gasteiger partial charge < -0.3 is 20.3 Å². The van der Waals surface area contributed by atoms with Crippen LogP contribution >= 0.6 is 11.8 Å². The van der Waals surface area contributed by atoms with Gasteiger partial charge in [-0.15, -0.1) is 0 Å². The standard InChI is InChI=1S/C20H32N4O2S/c25-20(21-7-1-8-23-10-14-26-15-11-23)22-19-4-2-18(3-5-19)6-9-24-12-16-27-17-13-24/h2-5H,1,6-17H2,(H2,21,22,25). The molecule has 0 radical (unpaired) electrons. The molecule has 150 valence electrons. The Morgan fingerprint density at radius 1 is 1.00 bits per heavy atom. The van der Waals surface area contributed by atoms with Crippen LogP contribution in [0.4, 0.5) is 10.5 Å². The van der Waals surface area contributed by atoms with Gasteiger partial charge in [0.05, 0.1) is 13.2 Å². The molecular weight excluding hydrogens is 360 g/mol. The minimum absolute atomic E-state index is 0.129. The predicted octanol–water partition coefficient (Wildman–Crippen LogP) is 2.12. The highest BCUT2D eigenvalue weighted by atomic mass is 32.2. The average molecular weight is 393 g/mol. The Hall–Kier alpha value is -1.28. The highest BCUT2D eigenvalue weighted by Gasteiger charge is 2.11. The molecule has 0 bridgehead atoms. The van der Waals surface area contributed by atoms with Crippen LogP contribution in [0.1, 0.15) is 12.0 Å². The summed E-state index contributed by atoms with van der Waals surface area (Å²) in [5.74, 6) is 2.51. The maximum absolute atomic E-state index is 12.0. The van der Waals surface area contributed by atoms with E-state index < -0.39 is 0 Å². The minimum atomic E-state index is -0.129. The number of nitrogens with zero attached hydrogens (tertiary/aromatic N) is 2. The third-order valence-corrected chi connectivity index (χ3v) is 6.02. The zero-order valence-electron chi connectivity index (χ0n) is 16.1. The number of thioether (sulfide) groups is 1. The van der Waals surface area contributed by atoms with Crippen molar-refractivity contribution in [2.24, 2.45) is 0 Å². The van der Waals surface area contributed by atoms with Crippen LogP contribution in [-0.2, 0) is 11.2 Å². The second-order valence-electron chi connectivity index (χ2n) is 7.09. The Morgan fingerprint density at radius 2 is 1.70 bits per heavy atom. The molecule has 2 fully saturated rings. The van der Waals surface area contributed by atoms with Crippen LogP contribution in [0.5, 0.6) is 0 Å². The molecule has 1 aromatic rings. The molecule has 27 heavy (non-hydrogen) atoms. The molecule has 3 rings (SSSR count). The number of carbonyl (C=O) groups is 1. The quantitative estimate of drug-likeness (QED) is 0.664. The van der Waals surface area contributed by atoms with E-state index in [1.807, 2.05) is 23.9 Å². The Balaban J connectivity index is 1.29. The van der Waals surface area contributed by atoms with Crippen molar-refractivity contribution in [1.29, 1.82) is 0 Å². The van der Waals surface area contributed by atoms with Crippen molar-refractivity contribution in [2.75, 3.05) is 75.8 Å². The molecule has 0 unspecified atom stereocenters. The number of carbonyl (C=O) groups excluding carboxylic acids is 1. The van der Waals surface area contributed by atoms with E-state index in [-0.39, 0.29) is 6.03 Å². The van der Waals surface area contributed by atoms with Gasteiger partial charge in [-0.2, -0.15) is 11.8 Å². The Bertz CT molecular complexity index is 558. The fraction of sp³-hybridized carbons (Fsp3) is 0.650. The van der Waals surface area contributed by atoms with E-state index in [0.717, 1.165) is 57.9 Å². The number of ether oxygens (including phenoxy) is 1. The van der Waals surface area contributed by atoms with Crippen LogP contribution < -0.4 is 10.6 Å². The van der Waals surface area contributed by atoms with Gasteiger partial charge in [0.15, 0.2) is 0 Å². The van der Waals surface area contributed by atoms with Crippen molar-refractivity contribution in [3.05, 3.63) is 29.8 Å². The summed E-state index contributed by atoms with van der Waals surface area (Å²) in [5, 5.41) is 5.85. The average Bonchev–Trinajstić information content (AvgIpc) is 2.72. The zero-order valence-corrected chi connectivity index (χ0v) is 16.9. The fourth-order valence-corrected chi connectivity index (χ4v) is 4.35. The number of morpholine rings is 1. The van der Waals surface area contributed by atoms with Crippen LogP contribution in [0.3, 0.4) is 0 Å². The van der Waals surface area contributed by atoms with Crippen molar-refractivity contribution >= 4 is 23.5 Å². The number of urea groups is 1. The predicted molar refractivity (Wildman–Crippen MR) is 113 cm³/mol. The molecule has 0 saturated carbocycles. The summed E-state index contributed by atoms with van der Waals surface area (Å²) < 4.78 is 5.34. The third-order valence-electron chi connectivity index (χ3n) is 5.07. The molecule has 0 spiro atoms. The summed E-state index contributed by atoms with van der Waals surface area (Å²) in [6, 6.07) is 8.10. The maximum Gasteiger partial charge on any atom is 0.319 e. The smallest absolute Gasteiger partial charge is 0.319 e. The molecular formula is C20H32N4O2S. The molecule has 7 heteroatoms. The van der Waals surface area contributed by atoms with Crippen LogP contribution in [0, 0.1) is 0 Å². The van der Waals surface area contributed by atoms with Gasteiger partial charge in [-0.3, -0.25) is 4.90 Å². The number of hydrogen-bond acceptors (Lipinski definition) is 5. The van der Waals surface area contributed by atoms with Gasteiger partial charge in [-0.25, -0.2) is 4.79 Å². The minimum Gasteiger partial charge on any atom is -0.379 e. The van der Waals surface area contributed by atoms with Gasteiger partial charge in [0, 0.05) is 56.5 Å². The lowest BCUT2D eigenvalue weighted by Crippen LogP contribution is -2.38. The first-order valence-electron chi connectivity index (χ1n) is 10.0. The molecule has 0 aliphatic carbocycles. The second-order valence-corrected chi connectivity index (χ2v) is 8.31. The van der Waals surface area contributed by atoms with Crippen LogP contribution in [0.25, 0.3) is 0 Å². The SMILES string of the molecule is O=C(NCCCN1CCOCC1)Nc1ccc(CCN2CCSCC2)cc1. The van der Waals surface area contributed by atoms with E-state index in [1.165, 1.54) is 30.2 Å². The molecule has 2 N–H and O–H groups in total. The van der Waals surface area contributed by atoms with Gasteiger partial charge in [0.1, 0.15) is 0 Å². The van der Waals surface area contributed by atoms with Gasteiger partial charge in [-0.1, -0.05) is 12.1 Å². The normalized spacial score (nSPS) is 19.0. The van der Waals surface area contributed by atoms with Gasteiger partial charge >= 0.3 is 6.03 Å². The summed E-state index contributed by atoms with van der Waals surface area (Å²) in [5.41, 5.74) is 2.17. The molecule has 1 aromatic carbocycles. The highest BCUT2D eigenvalue weighted by molar-refractivity contribution is 7.99. The van der Waals surface area contributed by atoms with Crippen molar-refractivity contribution in [3.8, 4) is 0 Å². The Kier molecular flexibility index (Phi) is 8.74.